The normalized spacial score (nSPS) is 12.9. The molecule has 1 N–H and O–H groups in total. The van der Waals surface area contributed by atoms with Gasteiger partial charge in [0, 0.05) is 12.8 Å². The van der Waals surface area contributed by atoms with Gasteiger partial charge in [0.05, 0.1) is 34.4 Å². The second-order valence-electron chi connectivity index (χ2n) is 25.2. The molecule has 0 amide bonds. The molecule has 0 aromatic rings. The van der Waals surface area contributed by atoms with Crippen molar-refractivity contribution in [3.8, 4) is 0 Å². The molecule has 476 valence electrons. The van der Waals surface area contributed by atoms with Crippen molar-refractivity contribution in [1.82, 2.24) is 0 Å². The maximum absolute atomic E-state index is 12.9. The lowest BCUT2D eigenvalue weighted by Crippen LogP contribution is -2.40. The van der Waals surface area contributed by atoms with Crippen LogP contribution in [0.4, 0.5) is 0 Å². The molecule has 0 fully saturated rings. The molecule has 0 aromatic heterocycles. The van der Waals surface area contributed by atoms with E-state index in [1.54, 1.807) is 0 Å². The van der Waals surface area contributed by atoms with Crippen molar-refractivity contribution in [2.45, 2.75) is 360 Å². The first-order valence-corrected chi connectivity index (χ1v) is 35.2. The fraction of sp³-hybridized carbons (Fsp3) is 0.875. The van der Waals surface area contributed by atoms with Crippen molar-refractivity contribution < 1.29 is 42.9 Å². The van der Waals surface area contributed by atoms with E-state index in [0.717, 1.165) is 51.4 Å². The molecule has 0 aliphatic heterocycles. The molecule has 0 spiro atoms. The van der Waals surface area contributed by atoms with Crippen molar-refractivity contribution in [1.29, 1.82) is 0 Å². The van der Waals surface area contributed by atoms with E-state index in [4.69, 9.17) is 18.9 Å². The number of unbranched alkanes of at least 4 members (excludes halogenated alkanes) is 45. The third-order valence-corrected chi connectivity index (χ3v) is 15.9. The molecule has 0 aliphatic carbocycles. The summed E-state index contributed by atoms with van der Waals surface area (Å²) in [4.78, 5) is 37.5. The molecule has 0 saturated carbocycles. The number of rotatable bonds is 66. The summed E-state index contributed by atoms with van der Waals surface area (Å²) in [5, 5.41) is 9.72. The third-order valence-electron chi connectivity index (χ3n) is 15.9. The summed E-state index contributed by atoms with van der Waals surface area (Å²) in [5.74, 6) is -1.98. The van der Waals surface area contributed by atoms with Crippen LogP contribution in [0, 0.1) is 0 Å². The van der Waals surface area contributed by atoms with Gasteiger partial charge < -0.3 is 28.5 Å². The summed E-state index contributed by atoms with van der Waals surface area (Å²) in [7, 11) is 5.99. The Morgan fingerprint density at radius 2 is 0.667 bits per heavy atom. The van der Waals surface area contributed by atoms with Crippen LogP contribution in [-0.4, -0.2) is 87.4 Å². The number of ether oxygens (including phenoxy) is 4. The molecule has 2 atom stereocenters. The molecule has 2 unspecified atom stereocenters. The third kappa shape index (κ3) is 64.9. The van der Waals surface area contributed by atoms with Gasteiger partial charge in [0.15, 0.2) is 6.10 Å². The van der Waals surface area contributed by atoms with E-state index >= 15 is 0 Å². The van der Waals surface area contributed by atoms with Crippen molar-refractivity contribution in [3.05, 3.63) is 36.5 Å². The van der Waals surface area contributed by atoms with Gasteiger partial charge >= 0.3 is 17.9 Å². The van der Waals surface area contributed by atoms with Gasteiger partial charge in [-0.05, 0) is 51.4 Å². The number of allylic oxidation sites excluding steroid dienone is 6. The number of quaternary nitrogens is 1. The number of carbonyl (C=O) groups is 3. The monoisotopic (exact) mass is 1140 g/mol. The number of nitrogens with zero attached hydrogens (tertiary/aromatic N) is 1. The average molecular weight is 1140 g/mol. The Morgan fingerprint density at radius 1 is 0.370 bits per heavy atom. The van der Waals surface area contributed by atoms with E-state index < -0.39 is 18.4 Å². The largest absolute Gasteiger partial charge is 0.477 e. The van der Waals surface area contributed by atoms with Gasteiger partial charge in [0.2, 0.25) is 0 Å². The topological polar surface area (TPSA) is 108 Å². The minimum absolute atomic E-state index is 0.175. The highest BCUT2D eigenvalue weighted by Gasteiger charge is 2.25. The summed E-state index contributed by atoms with van der Waals surface area (Å²) in [6, 6.07) is 0. The van der Waals surface area contributed by atoms with Crippen LogP contribution in [0.3, 0.4) is 0 Å². The number of likely N-dealkylation sites (N-methyl/N-ethyl adjacent to an activating group) is 1. The summed E-state index contributed by atoms with van der Waals surface area (Å²) in [6.45, 7) is 4.92. The predicted octanol–water partition coefficient (Wildman–Crippen LogP) is 21.6. The Balaban J connectivity index is 3.90. The van der Waals surface area contributed by atoms with Crippen LogP contribution >= 0.6 is 0 Å². The zero-order chi connectivity index (χ0) is 59.1. The number of carboxylic acid groups (broad SMARTS) is 1. The molecule has 9 nitrogen and oxygen atoms in total. The van der Waals surface area contributed by atoms with Crippen LogP contribution in [0.5, 0.6) is 0 Å². The Hall–Kier alpha value is -2.49. The maximum atomic E-state index is 12.9. The first-order valence-electron chi connectivity index (χ1n) is 35.2. The zero-order valence-corrected chi connectivity index (χ0v) is 54.5. The van der Waals surface area contributed by atoms with E-state index in [1.165, 1.54) is 270 Å². The molecule has 0 bridgehead atoms. The number of hydrogen-bond acceptors (Lipinski definition) is 7. The smallest absolute Gasteiger partial charge is 0.361 e. The van der Waals surface area contributed by atoms with Crippen LogP contribution in [0.25, 0.3) is 0 Å². The Morgan fingerprint density at radius 3 is 0.988 bits per heavy atom. The van der Waals surface area contributed by atoms with Gasteiger partial charge in [-0.1, -0.05) is 320 Å². The van der Waals surface area contributed by atoms with Crippen LogP contribution in [0.2, 0.25) is 0 Å². The molecule has 0 rings (SSSR count). The van der Waals surface area contributed by atoms with E-state index in [2.05, 4.69) is 50.3 Å². The molecule has 0 radical (unpaired) electrons. The summed E-state index contributed by atoms with van der Waals surface area (Å²) in [5.41, 5.74) is 0. The molecule has 0 saturated heterocycles. The quantitative estimate of drug-likeness (QED) is 0.0211. The van der Waals surface area contributed by atoms with Gasteiger partial charge in [0.25, 0.3) is 6.29 Å². The van der Waals surface area contributed by atoms with Gasteiger partial charge in [0.1, 0.15) is 13.2 Å². The first kappa shape index (κ1) is 78.5. The lowest BCUT2D eigenvalue weighted by molar-refractivity contribution is -0.870. The Kier molecular flexibility index (Phi) is 61.6. The van der Waals surface area contributed by atoms with Crippen LogP contribution in [-0.2, 0) is 33.3 Å². The number of aliphatic carboxylic acids is 1. The number of esters is 2. The summed E-state index contributed by atoms with van der Waals surface area (Å²) >= 11 is 0. The molecular formula is C72H136NO8+. The minimum atomic E-state index is -1.51. The van der Waals surface area contributed by atoms with Crippen molar-refractivity contribution >= 4 is 17.9 Å². The van der Waals surface area contributed by atoms with Gasteiger partial charge in [-0.15, -0.1) is 0 Å². The average Bonchev–Trinajstić information content (AvgIpc) is 3.44. The van der Waals surface area contributed by atoms with Gasteiger partial charge in [-0.25, -0.2) is 4.79 Å². The number of hydrogen-bond donors (Lipinski definition) is 1. The molecule has 0 heterocycles. The second-order valence-corrected chi connectivity index (χ2v) is 25.2. The highest BCUT2D eigenvalue weighted by atomic mass is 16.7. The first-order chi connectivity index (χ1) is 39.6. The van der Waals surface area contributed by atoms with E-state index in [0.29, 0.717) is 17.4 Å². The zero-order valence-electron chi connectivity index (χ0n) is 54.5. The molecular weight excluding hydrogens is 1010 g/mol. The fourth-order valence-electron chi connectivity index (χ4n) is 10.5. The van der Waals surface area contributed by atoms with Crippen molar-refractivity contribution in [3.63, 3.8) is 0 Å². The lowest BCUT2D eigenvalue weighted by Gasteiger charge is -2.25. The molecule has 81 heavy (non-hydrogen) atoms. The van der Waals surface area contributed by atoms with E-state index in [-0.39, 0.29) is 38.2 Å². The Labute approximate surface area is 502 Å². The summed E-state index contributed by atoms with van der Waals surface area (Å²) < 4.78 is 22.9. The fourth-order valence-corrected chi connectivity index (χ4v) is 10.5. The highest BCUT2D eigenvalue weighted by Crippen LogP contribution is 2.19. The van der Waals surface area contributed by atoms with Gasteiger partial charge in [-0.3, -0.25) is 9.59 Å². The molecule has 0 aromatic carbocycles. The minimum Gasteiger partial charge on any atom is -0.477 e. The second kappa shape index (κ2) is 63.5. The van der Waals surface area contributed by atoms with Crippen LogP contribution in [0.15, 0.2) is 36.5 Å². The standard InChI is InChI=1S/C72H135NO8/c1-6-8-10-12-14-16-18-20-22-23-24-25-26-27-28-29-30-31-32-33-34-35-36-37-38-39-40-41-42-43-44-45-46-47-49-51-53-55-57-59-61-63-70(75)81-68(67-80-72(71(76)77)78-65-64-73(3,4)5)66-79-69(74)62-60-58-56-54-52-50-48-21-19-17-15-13-11-9-7-2/h18,20,23-24,26-27,68,72H,6-17,19,21-22,25,28-67H2,1-5H3/p+1/b20-18-,24-23-,27-26-. The van der Waals surface area contributed by atoms with E-state index in [1.807, 2.05) is 21.1 Å². The number of carboxylic acids is 1. The predicted molar refractivity (Wildman–Crippen MR) is 346 cm³/mol. The maximum Gasteiger partial charge on any atom is 0.361 e. The van der Waals surface area contributed by atoms with Crippen LogP contribution in [0.1, 0.15) is 348 Å². The highest BCUT2D eigenvalue weighted by molar-refractivity contribution is 5.71. The van der Waals surface area contributed by atoms with Crippen molar-refractivity contribution in [2.75, 3.05) is 47.5 Å². The Bertz CT molecular complexity index is 1420. The van der Waals surface area contributed by atoms with E-state index in [9.17, 15) is 19.5 Å². The van der Waals surface area contributed by atoms with Crippen molar-refractivity contribution in [2.24, 2.45) is 0 Å². The SMILES string of the molecule is CCCCCCC/C=C\C/C=C\C/C=C\CCCCCCCCCCCCCCCCCCCCCCCCCCCCC(=O)OC(COC(=O)CCCCCCCCCCCCCCCCC)COC(OCC[N+](C)(C)C)C(=O)O. The molecule has 0 aliphatic rings. The van der Waals surface area contributed by atoms with Crippen LogP contribution < -0.4 is 0 Å². The summed E-state index contributed by atoms with van der Waals surface area (Å²) in [6.07, 6.45) is 77.1. The lowest BCUT2D eigenvalue weighted by atomic mass is 10.0. The number of carbonyl (C=O) groups excluding carboxylic acids is 2. The van der Waals surface area contributed by atoms with Gasteiger partial charge in [-0.2, -0.15) is 0 Å². The molecule has 9 heteroatoms.